The van der Waals surface area contributed by atoms with Gasteiger partial charge < -0.3 is 9.84 Å². The van der Waals surface area contributed by atoms with Crippen molar-refractivity contribution in [3.8, 4) is 5.75 Å². The summed E-state index contributed by atoms with van der Waals surface area (Å²) in [6.45, 7) is 0. The maximum absolute atomic E-state index is 11.1. The first-order chi connectivity index (χ1) is 9.75. The Morgan fingerprint density at radius 2 is 1.55 bits per heavy atom. The van der Waals surface area contributed by atoms with Crippen LogP contribution in [0.4, 0.5) is 0 Å². The average Bonchev–Trinajstić information content (AvgIpc) is 2.48. The van der Waals surface area contributed by atoms with Crippen molar-refractivity contribution in [2.45, 2.75) is 0 Å². The second-order valence-corrected chi connectivity index (χ2v) is 4.02. The van der Waals surface area contributed by atoms with E-state index in [1.165, 1.54) is 6.08 Å². The summed E-state index contributed by atoms with van der Waals surface area (Å²) < 4.78 is 5.32. The number of para-hydroxylation sites is 1. The van der Waals surface area contributed by atoms with Crippen LogP contribution in [0, 0.1) is 0 Å². The minimum absolute atomic E-state index is 0.122. The van der Waals surface area contributed by atoms with Gasteiger partial charge >= 0.3 is 5.97 Å². The van der Waals surface area contributed by atoms with Crippen molar-refractivity contribution in [2.75, 3.05) is 0 Å². The number of aliphatic carboxylic acids is 1. The first-order valence-corrected chi connectivity index (χ1v) is 6.15. The van der Waals surface area contributed by atoms with Gasteiger partial charge in [-0.2, -0.15) is 0 Å². The molecule has 0 aromatic heterocycles. The summed E-state index contributed by atoms with van der Waals surface area (Å²) >= 11 is 0. The van der Waals surface area contributed by atoms with Crippen molar-refractivity contribution in [2.24, 2.45) is 0 Å². The van der Waals surface area contributed by atoms with Crippen LogP contribution in [0.2, 0.25) is 0 Å². The lowest BCUT2D eigenvalue weighted by Gasteiger charge is -2.04. The van der Waals surface area contributed by atoms with E-state index in [-0.39, 0.29) is 5.76 Å². The van der Waals surface area contributed by atoms with Gasteiger partial charge in [0.1, 0.15) is 5.75 Å². The van der Waals surface area contributed by atoms with E-state index in [1.807, 2.05) is 42.5 Å². The van der Waals surface area contributed by atoms with Crippen molar-refractivity contribution < 1.29 is 14.6 Å². The molecule has 0 atom stereocenters. The molecule has 2 aromatic rings. The number of hydrogen-bond acceptors (Lipinski definition) is 2. The minimum Gasteiger partial charge on any atom is -0.475 e. The van der Waals surface area contributed by atoms with Crippen LogP contribution >= 0.6 is 0 Å². The Morgan fingerprint density at radius 1 is 0.950 bits per heavy atom. The van der Waals surface area contributed by atoms with Gasteiger partial charge in [-0.15, -0.1) is 0 Å². The van der Waals surface area contributed by atoms with E-state index < -0.39 is 5.97 Å². The van der Waals surface area contributed by atoms with Crippen molar-refractivity contribution in [3.05, 3.63) is 84.1 Å². The monoisotopic (exact) mass is 266 g/mol. The summed E-state index contributed by atoms with van der Waals surface area (Å²) in [5.41, 5.74) is 0.994. The van der Waals surface area contributed by atoms with E-state index >= 15 is 0 Å². The van der Waals surface area contributed by atoms with E-state index in [0.29, 0.717) is 5.75 Å². The standard InChI is InChI=1S/C17H14O3/c18-17(19)16(20-15-11-5-2-6-12-15)13-7-10-14-8-3-1-4-9-14/h1-13H,(H,18,19)/b10-7+,16-13-. The molecule has 0 fully saturated rings. The fourth-order valence-electron chi connectivity index (χ4n) is 1.58. The summed E-state index contributed by atoms with van der Waals surface area (Å²) in [6, 6.07) is 18.5. The highest BCUT2D eigenvalue weighted by molar-refractivity contribution is 5.85. The minimum atomic E-state index is -1.11. The first-order valence-electron chi connectivity index (χ1n) is 6.15. The molecule has 0 aliphatic carbocycles. The molecule has 2 aromatic carbocycles. The molecule has 0 bridgehead atoms. The van der Waals surface area contributed by atoms with Gasteiger partial charge in [-0.3, -0.25) is 0 Å². The molecule has 0 aliphatic rings. The molecule has 0 saturated carbocycles. The van der Waals surface area contributed by atoms with E-state index in [4.69, 9.17) is 9.84 Å². The van der Waals surface area contributed by atoms with Gasteiger partial charge in [0, 0.05) is 0 Å². The number of hydrogen-bond donors (Lipinski definition) is 1. The lowest BCUT2D eigenvalue weighted by atomic mass is 10.2. The fourth-order valence-corrected chi connectivity index (χ4v) is 1.58. The number of carbonyl (C=O) groups is 1. The van der Waals surface area contributed by atoms with E-state index in [1.54, 1.807) is 30.3 Å². The molecule has 2 rings (SSSR count). The topological polar surface area (TPSA) is 46.5 Å². The molecule has 3 nitrogen and oxygen atoms in total. The van der Waals surface area contributed by atoms with Gasteiger partial charge in [0.25, 0.3) is 0 Å². The van der Waals surface area contributed by atoms with Crippen LogP contribution in [-0.2, 0) is 4.79 Å². The maximum atomic E-state index is 11.1. The van der Waals surface area contributed by atoms with Gasteiger partial charge in [0.2, 0.25) is 5.76 Å². The van der Waals surface area contributed by atoms with Crippen molar-refractivity contribution in [1.29, 1.82) is 0 Å². The van der Waals surface area contributed by atoms with Crippen molar-refractivity contribution in [1.82, 2.24) is 0 Å². The quantitative estimate of drug-likeness (QED) is 0.509. The fraction of sp³-hybridized carbons (Fsp3) is 0. The average molecular weight is 266 g/mol. The summed E-state index contributed by atoms with van der Waals surface area (Å²) in [6.07, 6.45) is 4.90. The SMILES string of the molecule is O=C(O)/C(=C/C=C/c1ccccc1)Oc1ccccc1. The van der Waals surface area contributed by atoms with E-state index in [0.717, 1.165) is 5.56 Å². The number of benzene rings is 2. The number of allylic oxidation sites excluding steroid dienone is 2. The van der Waals surface area contributed by atoms with E-state index in [2.05, 4.69) is 0 Å². The smallest absolute Gasteiger partial charge is 0.371 e. The van der Waals surface area contributed by atoms with Crippen LogP contribution in [0.3, 0.4) is 0 Å². The molecule has 0 saturated heterocycles. The second kappa shape index (κ2) is 6.95. The van der Waals surface area contributed by atoms with Gasteiger partial charge in [0.05, 0.1) is 0 Å². The molecule has 0 unspecified atom stereocenters. The molecule has 3 heteroatoms. The van der Waals surface area contributed by atoms with Gasteiger partial charge in [-0.05, 0) is 23.8 Å². The van der Waals surface area contributed by atoms with Crippen LogP contribution in [0.25, 0.3) is 6.08 Å². The molecule has 0 spiro atoms. The molecule has 1 N–H and O–H groups in total. The number of carboxylic acids is 1. The van der Waals surface area contributed by atoms with E-state index in [9.17, 15) is 4.79 Å². The Bertz CT molecular complexity index is 613. The van der Waals surface area contributed by atoms with Crippen LogP contribution in [0.5, 0.6) is 5.75 Å². The Kier molecular flexibility index (Phi) is 4.73. The van der Waals surface area contributed by atoms with Crippen LogP contribution in [0.15, 0.2) is 78.6 Å². The highest BCUT2D eigenvalue weighted by Crippen LogP contribution is 2.13. The zero-order valence-corrected chi connectivity index (χ0v) is 10.8. The third kappa shape index (κ3) is 4.14. The molecule has 0 heterocycles. The summed E-state index contributed by atoms with van der Waals surface area (Å²) in [5.74, 6) is -0.732. The number of carboxylic acid groups (broad SMARTS) is 1. The zero-order chi connectivity index (χ0) is 14.2. The summed E-state index contributed by atoms with van der Waals surface area (Å²) in [7, 11) is 0. The van der Waals surface area contributed by atoms with Gasteiger partial charge in [0.15, 0.2) is 0 Å². The largest absolute Gasteiger partial charge is 0.475 e. The third-order valence-corrected chi connectivity index (χ3v) is 2.52. The van der Waals surface area contributed by atoms with Gasteiger partial charge in [-0.1, -0.05) is 60.7 Å². The number of ether oxygens (including phenoxy) is 1. The molecule has 0 aliphatic heterocycles. The Morgan fingerprint density at radius 3 is 2.15 bits per heavy atom. The Balaban J connectivity index is 2.11. The van der Waals surface area contributed by atoms with Crippen molar-refractivity contribution in [3.63, 3.8) is 0 Å². The van der Waals surface area contributed by atoms with Gasteiger partial charge in [-0.25, -0.2) is 4.79 Å². The molecule has 0 radical (unpaired) electrons. The lowest BCUT2D eigenvalue weighted by molar-refractivity contribution is -0.135. The van der Waals surface area contributed by atoms with Crippen LogP contribution in [0.1, 0.15) is 5.56 Å². The third-order valence-electron chi connectivity index (χ3n) is 2.52. The predicted molar refractivity (Wildman–Crippen MR) is 78.3 cm³/mol. The van der Waals surface area contributed by atoms with Crippen LogP contribution in [-0.4, -0.2) is 11.1 Å². The van der Waals surface area contributed by atoms with Crippen molar-refractivity contribution >= 4 is 12.0 Å². The zero-order valence-electron chi connectivity index (χ0n) is 10.8. The summed E-state index contributed by atoms with van der Waals surface area (Å²) in [4.78, 5) is 11.1. The van der Waals surface area contributed by atoms with Crippen LogP contribution < -0.4 is 4.74 Å². The maximum Gasteiger partial charge on any atom is 0.371 e. The highest BCUT2D eigenvalue weighted by Gasteiger charge is 2.08. The molecule has 100 valence electrons. The Labute approximate surface area is 117 Å². The normalized spacial score (nSPS) is 11.5. The lowest BCUT2D eigenvalue weighted by Crippen LogP contribution is -2.07. The first kappa shape index (κ1) is 13.6. The molecule has 20 heavy (non-hydrogen) atoms. The molecular formula is C17H14O3. The predicted octanol–water partition coefficient (Wildman–Crippen LogP) is 3.75. The number of rotatable bonds is 5. The highest BCUT2D eigenvalue weighted by atomic mass is 16.5. The molecular weight excluding hydrogens is 252 g/mol. The molecule has 0 amide bonds. The summed E-state index contributed by atoms with van der Waals surface area (Å²) in [5, 5.41) is 9.10. The second-order valence-electron chi connectivity index (χ2n) is 4.02. The Hall–Kier alpha value is -2.81.